The fourth-order valence-electron chi connectivity index (χ4n) is 0.267. The van der Waals surface area contributed by atoms with Gasteiger partial charge in [-0.15, -0.1) is 0 Å². The lowest BCUT2D eigenvalue weighted by Crippen LogP contribution is -2.80. The summed E-state index contributed by atoms with van der Waals surface area (Å²) in [5.74, 6) is -0.163. The van der Waals surface area contributed by atoms with Crippen molar-refractivity contribution in [2.45, 2.75) is 0 Å². The molecule has 0 unspecified atom stereocenters. The Hall–Kier alpha value is -0.130. The molecule has 8 heavy (non-hydrogen) atoms. The molecule has 0 fully saturated rings. The molecule has 5 heteroatoms. The van der Waals surface area contributed by atoms with Gasteiger partial charge in [0.15, 0.2) is 0 Å². The van der Waals surface area contributed by atoms with Gasteiger partial charge in [0.2, 0.25) is 0 Å². The first kappa shape index (κ1) is 7.87. The van der Waals surface area contributed by atoms with Crippen LogP contribution >= 0.6 is 0 Å². The third kappa shape index (κ3) is 5.87. The van der Waals surface area contributed by atoms with E-state index < -0.39 is 10.1 Å². The van der Waals surface area contributed by atoms with Gasteiger partial charge in [0.1, 0.15) is 5.75 Å². The zero-order valence-electron chi connectivity index (χ0n) is 4.66. The highest BCUT2D eigenvalue weighted by Gasteiger charge is 2.02. The topological polar surface area (TPSA) is 71.0 Å². The lowest BCUT2D eigenvalue weighted by molar-refractivity contribution is -0.622. The van der Waals surface area contributed by atoms with Crippen molar-refractivity contribution in [1.29, 1.82) is 0 Å². The predicted octanol–water partition coefficient (Wildman–Crippen LogP) is -1.93. The highest BCUT2D eigenvalue weighted by molar-refractivity contribution is 7.85. The van der Waals surface area contributed by atoms with E-state index >= 15 is 0 Å². The normalized spacial score (nSPS) is 11.8. The summed E-state index contributed by atoms with van der Waals surface area (Å²) in [5.41, 5.74) is 0. The SMILES string of the molecule is C[NH2+]CCS(=O)(=O)O. The van der Waals surface area contributed by atoms with Crippen LogP contribution in [-0.4, -0.2) is 32.3 Å². The molecule has 0 heterocycles. The summed E-state index contributed by atoms with van der Waals surface area (Å²) >= 11 is 0. The molecule has 0 atom stereocenters. The first-order valence-electron chi connectivity index (χ1n) is 2.29. The van der Waals surface area contributed by atoms with E-state index in [-0.39, 0.29) is 5.75 Å². The highest BCUT2D eigenvalue weighted by Crippen LogP contribution is 1.74. The minimum absolute atomic E-state index is 0.163. The van der Waals surface area contributed by atoms with E-state index in [9.17, 15) is 8.42 Å². The molecule has 0 bridgehead atoms. The summed E-state index contributed by atoms with van der Waals surface area (Å²) in [6.07, 6.45) is 0. The minimum Gasteiger partial charge on any atom is -0.348 e. The highest BCUT2D eigenvalue weighted by atomic mass is 32.2. The lowest BCUT2D eigenvalue weighted by Gasteiger charge is -1.90. The summed E-state index contributed by atoms with van der Waals surface area (Å²) in [4.78, 5) is 0. The molecular formula is C3H10NO3S+. The second-order valence-electron chi connectivity index (χ2n) is 1.48. The van der Waals surface area contributed by atoms with Crippen LogP contribution in [0.15, 0.2) is 0 Å². The van der Waals surface area contributed by atoms with Crippen molar-refractivity contribution in [2.24, 2.45) is 0 Å². The molecule has 0 aromatic heterocycles. The largest absolute Gasteiger partial charge is 0.348 e. The molecule has 0 amide bonds. The van der Waals surface area contributed by atoms with Crippen LogP contribution in [0.2, 0.25) is 0 Å². The molecule has 0 aliphatic heterocycles. The molecule has 0 aliphatic carbocycles. The second kappa shape index (κ2) is 3.01. The van der Waals surface area contributed by atoms with Gasteiger partial charge in [0, 0.05) is 0 Å². The average Bonchev–Trinajstić information content (AvgIpc) is 1.59. The van der Waals surface area contributed by atoms with Crippen LogP contribution in [-0.2, 0) is 10.1 Å². The summed E-state index contributed by atoms with van der Waals surface area (Å²) in [6.45, 7) is 0.416. The molecule has 50 valence electrons. The van der Waals surface area contributed by atoms with Crippen LogP contribution in [0.1, 0.15) is 0 Å². The Bertz CT molecular complexity index is 139. The van der Waals surface area contributed by atoms with Crippen molar-refractivity contribution in [3.8, 4) is 0 Å². The Labute approximate surface area is 48.6 Å². The summed E-state index contributed by atoms with van der Waals surface area (Å²) in [5, 5.41) is 1.69. The third-order valence-corrected chi connectivity index (χ3v) is 1.42. The van der Waals surface area contributed by atoms with Crippen LogP contribution < -0.4 is 5.32 Å². The number of hydrogen-bond donors (Lipinski definition) is 2. The Balaban J connectivity index is 3.42. The minimum atomic E-state index is -3.72. The molecule has 0 radical (unpaired) electrons. The second-order valence-corrected chi connectivity index (χ2v) is 3.06. The van der Waals surface area contributed by atoms with Crippen LogP contribution in [0, 0.1) is 0 Å². The van der Waals surface area contributed by atoms with Crippen LogP contribution in [0.3, 0.4) is 0 Å². The maximum atomic E-state index is 9.93. The maximum Gasteiger partial charge on any atom is 0.270 e. The standard InChI is InChI=1S/C3H9NO3S/c1-4-2-3-8(5,6)7/h4H,2-3H2,1H3,(H,5,6,7)/p+1. The van der Waals surface area contributed by atoms with Crippen molar-refractivity contribution in [3.05, 3.63) is 0 Å². The monoisotopic (exact) mass is 140 g/mol. The molecule has 0 spiro atoms. The smallest absolute Gasteiger partial charge is 0.270 e. The van der Waals surface area contributed by atoms with Gasteiger partial charge in [-0.3, -0.25) is 4.55 Å². The van der Waals surface area contributed by atoms with E-state index in [1.807, 2.05) is 0 Å². The van der Waals surface area contributed by atoms with Crippen molar-refractivity contribution < 1.29 is 18.3 Å². The number of quaternary nitrogens is 1. The Morgan fingerprint density at radius 3 is 2.25 bits per heavy atom. The zero-order chi connectivity index (χ0) is 6.62. The van der Waals surface area contributed by atoms with Gasteiger partial charge in [-0.25, -0.2) is 0 Å². The quantitative estimate of drug-likeness (QED) is 0.448. The molecule has 0 aliphatic rings. The number of hydrogen-bond acceptors (Lipinski definition) is 2. The van der Waals surface area contributed by atoms with E-state index in [1.165, 1.54) is 0 Å². The Morgan fingerprint density at radius 1 is 1.62 bits per heavy atom. The van der Waals surface area contributed by atoms with Gasteiger partial charge in [-0.1, -0.05) is 0 Å². The molecule has 0 aromatic carbocycles. The van der Waals surface area contributed by atoms with Crippen LogP contribution in [0.4, 0.5) is 0 Å². The van der Waals surface area contributed by atoms with Crippen LogP contribution in [0.5, 0.6) is 0 Å². The molecule has 3 N–H and O–H groups in total. The van der Waals surface area contributed by atoms with Gasteiger partial charge < -0.3 is 5.32 Å². The van der Waals surface area contributed by atoms with Crippen molar-refractivity contribution in [2.75, 3.05) is 19.3 Å². The lowest BCUT2D eigenvalue weighted by atomic mass is 10.8. The van der Waals surface area contributed by atoms with Gasteiger partial charge in [0.25, 0.3) is 10.1 Å². The predicted molar refractivity (Wildman–Crippen MR) is 29.1 cm³/mol. The average molecular weight is 140 g/mol. The summed E-state index contributed by atoms with van der Waals surface area (Å²) in [7, 11) is -1.98. The molecule has 0 saturated carbocycles. The summed E-state index contributed by atoms with van der Waals surface area (Å²) in [6, 6.07) is 0. The van der Waals surface area contributed by atoms with E-state index in [0.29, 0.717) is 6.54 Å². The first-order chi connectivity index (χ1) is 3.56. The molecule has 0 saturated heterocycles. The van der Waals surface area contributed by atoms with Crippen LogP contribution in [0.25, 0.3) is 0 Å². The van der Waals surface area contributed by atoms with Gasteiger partial charge >= 0.3 is 0 Å². The fraction of sp³-hybridized carbons (Fsp3) is 1.00. The third-order valence-electron chi connectivity index (χ3n) is 0.664. The molecule has 0 aromatic rings. The van der Waals surface area contributed by atoms with E-state index in [2.05, 4.69) is 0 Å². The number of nitrogens with two attached hydrogens (primary N) is 1. The molecule has 0 rings (SSSR count). The summed E-state index contributed by atoms with van der Waals surface area (Å²) < 4.78 is 28.0. The van der Waals surface area contributed by atoms with E-state index in [1.54, 1.807) is 12.4 Å². The zero-order valence-corrected chi connectivity index (χ0v) is 5.48. The first-order valence-corrected chi connectivity index (χ1v) is 3.90. The van der Waals surface area contributed by atoms with E-state index in [4.69, 9.17) is 4.55 Å². The maximum absolute atomic E-state index is 9.93. The Kier molecular flexibility index (Phi) is 2.96. The van der Waals surface area contributed by atoms with Gasteiger partial charge in [-0.2, -0.15) is 8.42 Å². The Morgan fingerprint density at radius 2 is 2.12 bits per heavy atom. The molecular weight excluding hydrogens is 130 g/mol. The van der Waals surface area contributed by atoms with Crippen molar-refractivity contribution >= 4 is 10.1 Å². The molecule has 4 nitrogen and oxygen atoms in total. The van der Waals surface area contributed by atoms with Gasteiger partial charge in [-0.05, 0) is 0 Å². The van der Waals surface area contributed by atoms with Gasteiger partial charge in [0.05, 0.1) is 13.6 Å². The van der Waals surface area contributed by atoms with Crippen molar-refractivity contribution in [3.63, 3.8) is 0 Å². The number of rotatable bonds is 3. The van der Waals surface area contributed by atoms with E-state index in [0.717, 1.165) is 0 Å². The van der Waals surface area contributed by atoms with Crippen molar-refractivity contribution in [1.82, 2.24) is 0 Å². The fourth-order valence-corrected chi connectivity index (χ4v) is 0.800.